The average Bonchev–Trinajstić information content (AvgIpc) is 2.93. The van der Waals surface area contributed by atoms with Crippen LogP contribution in [0, 0.1) is 0 Å². The normalized spacial score (nSPS) is 16.6. The number of anilines is 1. The Hall–Kier alpha value is -1.51. The molecule has 0 bridgehead atoms. The molecule has 2 nitrogen and oxygen atoms in total. The maximum absolute atomic E-state index is 6.45. The minimum absolute atomic E-state index is 0.109. The highest BCUT2D eigenvalue weighted by molar-refractivity contribution is 6.30. The first kappa shape index (κ1) is 14.4. The van der Waals surface area contributed by atoms with E-state index in [1.807, 2.05) is 12.1 Å². The third-order valence-corrected chi connectivity index (χ3v) is 4.60. The van der Waals surface area contributed by atoms with E-state index in [4.69, 9.17) is 17.3 Å². The Balaban J connectivity index is 1.99. The minimum Gasteiger partial charge on any atom is -0.362 e. The van der Waals surface area contributed by atoms with Gasteiger partial charge in [-0.25, -0.2) is 0 Å². The number of hydrogen-bond donors (Lipinski definition) is 1. The first-order valence-corrected chi connectivity index (χ1v) is 7.94. The summed E-state index contributed by atoms with van der Waals surface area (Å²) in [6, 6.07) is 17.1. The molecule has 0 amide bonds. The van der Waals surface area contributed by atoms with Gasteiger partial charge in [0.15, 0.2) is 0 Å². The van der Waals surface area contributed by atoms with Crippen molar-refractivity contribution in [2.24, 2.45) is 5.73 Å². The molecule has 0 fully saturated rings. The number of hydrogen-bond acceptors (Lipinski definition) is 2. The SMILES string of the molecule is CCC(N)C(c1ccc(Cl)cc1)N1CCc2ccccc21. The summed E-state index contributed by atoms with van der Waals surface area (Å²) in [5.41, 5.74) is 10.4. The molecule has 110 valence electrons. The monoisotopic (exact) mass is 300 g/mol. The average molecular weight is 301 g/mol. The van der Waals surface area contributed by atoms with E-state index in [1.54, 1.807) is 0 Å². The van der Waals surface area contributed by atoms with Gasteiger partial charge in [-0.2, -0.15) is 0 Å². The third kappa shape index (κ3) is 2.78. The van der Waals surface area contributed by atoms with Crippen molar-refractivity contribution in [3.8, 4) is 0 Å². The summed E-state index contributed by atoms with van der Waals surface area (Å²) in [4.78, 5) is 2.45. The molecule has 0 aliphatic carbocycles. The van der Waals surface area contributed by atoms with E-state index in [0.717, 1.165) is 24.4 Å². The lowest BCUT2D eigenvalue weighted by molar-refractivity contribution is 0.498. The van der Waals surface area contributed by atoms with Crippen LogP contribution in [0.4, 0.5) is 5.69 Å². The first-order valence-electron chi connectivity index (χ1n) is 7.56. The molecular weight excluding hydrogens is 280 g/mol. The number of fused-ring (bicyclic) bond motifs is 1. The summed E-state index contributed by atoms with van der Waals surface area (Å²) in [5.74, 6) is 0. The molecule has 3 heteroatoms. The number of rotatable bonds is 4. The van der Waals surface area contributed by atoms with Crippen LogP contribution in [0.15, 0.2) is 48.5 Å². The van der Waals surface area contributed by atoms with Gasteiger partial charge in [0, 0.05) is 23.3 Å². The van der Waals surface area contributed by atoms with Crippen molar-refractivity contribution in [1.29, 1.82) is 0 Å². The zero-order valence-electron chi connectivity index (χ0n) is 12.3. The second-order valence-electron chi connectivity index (χ2n) is 5.64. The summed E-state index contributed by atoms with van der Waals surface area (Å²) in [6.07, 6.45) is 2.04. The zero-order valence-corrected chi connectivity index (χ0v) is 13.1. The number of nitrogens with zero attached hydrogens (tertiary/aromatic N) is 1. The minimum atomic E-state index is 0.109. The van der Waals surface area contributed by atoms with Crippen molar-refractivity contribution < 1.29 is 0 Å². The largest absolute Gasteiger partial charge is 0.362 e. The molecule has 2 aromatic rings. The van der Waals surface area contributed by atoms with E-state index in [2.05, 4.69) is 48.2 Å². The van der Waals surface area contributed by atoms with Gasteiger partial charge in [-0.3, -0.25) is 0 Å². The van der Waals surface area contributed by atoms with Crippen molar-refractivity contribution in [2.45, 2.75) is 31.8 Å². The molecular formula is C18H21ClN2. The Morgan fingerprint density at radius 1 is 1.14 bits per heavy atom. The lowest BCUT2D eigenvalue weighted by Crippen LogP contribution is -2.40. The standard InChI is InChI=1S/C18H21ClN2/c1-2-16(20)18(14-7-9-15(19)10-8-14)21-12-11-13-5-3-4-6-17(13)21/h3-10,16,18H,2,11-12,20H2,1H3. The Morgan fingerprint density at radius 2 is 1.86 bits per heavy atom. The van der Waals surface area contributed by atoms with Crippen LogP contribution in [-0.4, -0.2) is 12.6 Å². The van der Waals surface area contributed by atoms with Crippen molar-refractivity contribution in [1.82, 2.24) is 0 Å². The van der Waals surface area contributed by atoms with E-state index in [9.17, 15) is 0 Å². The van der Waals surface area contributed by atoms with Crippen LogP contribution in [0.5, 0.6) is 0 Å². The highest BCUT2D eigenvalue weighted by Crippen LogP contribution is 2.37. The molecule has 0 saturated heterocycles. The van der Waals surface area contributed by atoms with Gasteiger partial charge in [-0.05, 0) is 42.2 Å². The lowest BCUT2D eigenvalue weighted by atomic mass is 9.96. The smallest absolute Gasteiger partial charge is 0.0693 e. The van der Waals surface area contributed by atoms with Gasteiger partial charge >= 0.3 is 0 Å². The lowest BCUT2D eigenvalue weighted by Gasteiger charge is -2.35. The third-order valence-electron chi connectivity index (χ3n) is 4.35. The number of para-hydroxylation sites is 1. The fraction of sp³-hybridized carbons (Fsp3) is 0.333. The van der Waals surface area contributed by atoms with E-state index in [-0.39, 0.29) is 12.1 Å². The first-order chi connectivity index (χ1) is 10.2. The second-order valence-corrected chi connectivity index (χ2v) is 6.08. The maximum atomic E-state index is 6.45. The molecule has 0 aromatic heterocycles. The second kappa shape index (κ2) is 6.08. The maximum Gasteiger partial charge on any atom is 0.0693 e. The summed E-state index contributed by atoms with van der Waals surface area (Å²) in [5, 5.41) is 0.768. The number of benzene rings is 2. The summed E-state index contributed by atoms with van der Waals surface area (Å²) < 4.78 is 0. The summed E-state index contributed by atoms with van der Waals surface area (Å²) in [6.45, 7) is 3.18. The van der Waals surface area contributed by atoms with Crippen LogP contribution in [0.2, 0.25) is 5.02 Å². The van der Waals surface area contributed by atoms with Gasteiger partial charge in [-0.1, -0.05) is 48.9 Å². The topological polar surface area (TPSA) is 29.3 Å². The quantitative estimate of drug-likeness (QED) is 0.918. The summed E-state index contributed by atoms with van der Waals surface area (Å²) >= 11 is 6.03. The molecule has 1 aliphatic heterocycles. The molecule has 3 rings (SSSR count). The Morgan fingerprint density at radius 3 is 2.57 bits per heavy atom. The van der Waals surface area contributed by atoms with Gasteiger partial charge in [-0.15, -0.1) is 0 Å². The van der Waals surface area contributed by atoms with Crippen LogP contribution in [0.1, 0.15) is 30.5 Å². The fourth-order valence-electron chi connectivity index (χ4n) is 3.19. The van der Waals surface area contributed by atoms with Crippen LogP contribution >= 0.6 is 11.6 Å². The molecule has 1 heterocycles. The van der Waals surface area contributed by atoms with Gasteiger partial charge in [0.1, 0.15) is 0 Å². The molecule has 0 radical (unpaired) electrons. The van der Waals surface area contributed by atoms with Gasteiger partial charge in [0.05, 0.1) is 6.04 Å². The van der Waals surface area contributed by atoms with Gasteiger partial charge in [0.25, 0.3) is 0 Å². The van der Waals surface area contributed by atoms with Gasteiger partial charge in [0.2, 0.25) is 0 Å². The fourth-order valence-corrected chi connectivity index (χ4v) is 3.32. The molecule has 2 unspecified atom stereocenters. The number of halogens is 1. The molecule has 2 N–H and O–H groups in total. The predicted octanol–water partition coefficient (Wildman–Crippen LogP) is 4.18. The van der Waals surface area contributed by atoms with Crippen LogP contribution < -0.4 is 10.6 Å². The Bertz CT molecular complexity index is 609. The van der Waals surface area contributed by atoms with Crippen molar-refractivity contribution in [2.75, 3.05) is 11.4 Å². The Labute approximate surface area is 131 Å². The molecule has 21 heavy (non-hydrogen) atoms. The highest BCUT2D eigenvalue weighted by Gasteiger charge is 2.30. The molecule has 0 spiro atoms. The molecule has 2 atom stereocenters. The highest BCUT2D eigenvalue weighted by atomic mass is 35.5. The summed E-state index contributed by atoms with van der Waals surface area (Å²) in [7, 11) is 0. The Kier molecular flexibility index (Phi) is 4.18. The van der Waals surface area contributed by atoms with Crippen molar-refractivity contribution >= 4 is 17.3 Å². The van der Waals surface area contributed by atoms with Crippen LogP contribution in [-0.2, 0) is 6.42 Å². The predicted molar refractivity (Wildman–Crippen MR) is 90.0 cm³/mol. The van der Waals surface area contributed by atoms with Crippen LogP contribution in [0.25, 0.3) is 0 Å². The molecule has 0 saturated carbocycles. The van der Waals surface area contributed by atoms with Crippen molar-refractivity contribution in [3.63, 3.8) is 0 Å². The molecule has 1 aliphatic rings. The van der Waals surface area contributed by atoms with E-state index >= 15 is 0 Å². The van der Waals surface area contributed by atoms with E-state index in [1.165, 1.54) is 16.8 Å². The van der Waals surface area contributed by atoms with Crippen molar-refractivity contribution in [3.05, 3.63) is 64.7 Å². The van der Waals surface area contributed by atoms with E-state index < -0.39 is 0 Å². The van der Waals surface area contributed by atoms with E-state index in [0.29, 0.717) is 0 Å². The van der Waals surface area contributed by atoms with Gasteiger partial charge < -0.3 is 10.6 Å². The number of nitrogens with two attached hydrogens (primary N) is 1. The molecule has 2 aromatic carbocycles. The van der Waals surface area contributed by atoms with Crippen LogP contribution in [0.3, 0.4) is 0 Å². The zero-order chi connectivity index (χ0) is 14.8.